The number of carbonyl (C=O) groups excluding carboxylic acids is 1. The Kier molecular flexibility index (Phi) is 5.05. The number of benzene rings is 1. The number of amides is 1. The van der Waals surface area contributed by atoms with Crippen molar-refractivity contribution in [1.29, 1.82) is 0 Å². The molecule has 0 atom stereocenters. The van der Waals surface area contributed by atoms with E-state index >= 15 is 0 Å². The van der Waals surface area contributed by atoms with Crippen LogP contribution in [0.15, 0.2) is 24.3 Å². The van der Waals surface area contributed by atoms with E-state index < -0.39 is 0 Å². The topological polar surface area (TPSA) is 59.4 Å². The van der Waals surface area contributed by atoms with E-state index in [1.807, 2.05) is 7.11 Å². The van der Waals surface area contributed by atoms with Crippen LogP contribution in [0, 0.1) is 5.41 Å². The second-order valence-electron chi connectivity index (χ2n) is 9.26. The fourth-order valence-electron chi connectivity index (χ4n) is 5.41. The maximum absolute atomic E-state index is 12.9. The van der Waals surface area contributed by atoms with Crippen molar-refractivity contribution in [2.24, 2.45) is 5.41 Å². The summed E-state index contributed by atoms with van der Waals surface area (Å²) in [5, 5.41) is 3.12. The second-order valence-corrected chi connectivity index (χ2v) is 9.26. The van der Waals surface area contributed by atoms with Gasteiger partial charge in [0.25, 0.3) is 5.91 Å². The molecule has 2 aromatic rings. The van der Waals surface area contributed by atoms with E-state index in [2.05, 4.69) is 46.0 Å². The molecule has 0 unspecified atom stereocenters. The summed E-state index contributed by atoms with van der Waals surface area (Å²) in [6.07, 6.45) is 6.92. The van der Waals surface area contributed by atoms with E-state index in [9.17, 15) is 4.79 Å². The molecule has 0 bridgehead atoms. The first-order chi connectivity index (χ1) is 14.6. The highest BCUT2D eigenvalue weighted by Crippen LogP contribution is 2.50. The van der Waals surface area contributed by atoms with Crippen LogP contribution < -0.4 is 10.2 Å². The number of ether oxygens (including phenoxy) is 1. The van der Waals surface area contributed by atoms with Gasteiger partial charge in [-0.15, -0.1) is 0 Å². The number of imidazole rings is 1. The lowest BCUT2D eigenvalue weighted by molar-refractivity contribution is -0.0731. The Balaban J connectivity index is 1.18. The normalized spacial score (nSPS) is 19.9. The molecule has 1 saturated heterocycles. The first kappa shape index (κ1) is 19.6. The van der Waals surface area contributed by atoms with Crippen LogP contribution in [0.4, 0.5) is 5.69 Å². The number of nitrogens with zero attached hydrogens (tertiary/aromatic N) is 3. The fourth-order valence-corrected chi connectivity index (χ4v) is 5.41. The van der Waals surface area contributed by atoms with Gasteiger partial charge in [-0.1, -0.05) is 19.1 Å². The number of aryl methyl sites for hydroxylation is 2. The van der Waals surface area contributed by atoms with Crippen molar-refractivity contribution < 1.29 is 9.53 Å². The molecule has 0 radical (unpaired) electrons. The Morgan fingerprint density at radius 1 is 1.23 bits per heavy atom. The average Bonchev–Trinajstić information content (AvgIpc) is 3.10. The number of aromatic nitrogens is 2. The number of carbonyl (C=O) groups is 1. The molecule has 2 aliphatic heterocycles. The van der Waals surface area contributed by atoms with E-state index in [-0.39, 0.29) is 5.91 Å². The lowest BCUT2D eigenvalue weighted by Gasteiger charge is -2.59. The molecule has 160 valence electrons. The number of nitrogens with one attached hydrogen (secondary N) is 1. The molecule has 1 amide bonds. The van der Waals surface area contributed by atoms with Crippen LogP contribution in [0.3, 0.4) is 0 Å². The van der Waals surface area contributed by atoms with Gasteiger partial charge in [0.2, 0.25) is 0 Å². The van der Waals surface area contributed by atoms with Crippen LogP contribution in [-0.2, 0) is 30.7 Å². The third-order valence-corrected chi connectivity index (χ3v) is 7.16. The third kappa shape index (κ3) is 3.41. The van der Waals surface area contributed by atoms with Crippen molar-refractivity contribution in [3.63, 3.8) is 0 Å². The zero-order valence-corrected chi connectivity index (χ0v) is 18.1. The van der Waals surface area contributed by atoms with Gasteiger partial charge in [0.1, 0.15) is 11.5 Å². The van der Waals surface area contributed by atoms with Crippen molar-refractivity contribution in [1.82, 2.24) is 14.9 Å². The van der Waals surface area contributed by atoms with E-state index in [0.29, 0.717) is 18.1 Å². The summed E-state index contributed by atoms with van der Waals surface area (Å²) in [6, 6.07) is 8.62. The summed E-state index contributed by atoms with van der Waals surface area (Å²) in [5.41, 5.74) is 4.59. The minimum absolute atomic E-state index is 0.000980. The number of rotatable bonds is 6. The molecule has 6 nitrogen and oxygen atoms in total. The zero-order chi connectivity index (χ0) is 20.7. The van der Waals surface area contributed by atoms with Crippen LogP contribution in [0.1, 0.15) is 60.2 Å². The molecule has 1 spiro atoms. The summed E-state index contributed by atoms with van der Waals surface area (Å²) in [7, 11) is 1.82. The molecule has 1 N–H and O–H groups in total. The van der Waals surface area contributed by atoms with E-state index in [1.165, 1.54) is 24.9 Å². The molecule has 3 heterocycles. The number of methoxy groups -OCH3 is 1. The van der Waals surface area contributed by atoms with Gasteiger partial charge < -0.3 is 19.5 Å². The monoisotopic (exact) mass is 408 g/mol. The van der Waals surface area contributed by atoms with E-state index in [1.54, 1.807) is 0 Å². The number of hydrogen-bond acceptors (Lipinski definition) is 4. The molecule has 5 rings (SSSR count). The van der Waals surface area contributed by atoms with Gasteiger partial charge in [-0.3, -0.25) is 4.79 Å². The van der Waals surface area contributed by atoms with Gasteiger partial charge in [-0.25, -0.2) is 4.98 Å². The van der Waals surface area contributed by atoms with Crippen molar-refractivity contribution in [2.45, 2.75) is 64.6 Å². The molecular formula is C24H32N4O2. The van der Waals surface area contributed by atoms with Crippen LogP contribution in [0.2, 0.25) is 0 Å². The zero-order valence-electron chi connectivity index (χ0n) is 18.1. The van der Waals surface area contributed by atoms with Crippen molar-refractivity contribution >= 4 is 11.6 Å². The summed E-state index contributed by atoms with van der Waals surface area (Å²) in [4.78, 5) is 20.1. The predicted molar refractivity (Wildman–Crippen MR) is 117 cm³/mol. The van der Waals surface area contributed by atoms with Gasteiger partial charge in [0, 0.05) is 50.8 Å². The highest BCUT2D eigenvalue weighted by molar-refractivity contribution is 5.94. The first-order valence-corrected chi connectivity index (χ1v) is 11.3. The molecule has 6 heteroatoms. The largest absolute Gasteiger partial charge is 0.381 e. The summed E-state index contributed by atoms with van der Waals surface area (Å²) >= 11 is 0. The van der Waals surface area contributed by atoms with Crippen molar-refractivity contribution in [3.05, 3.63) is 47.0 Å². The Morgan fingerprint density at radius 2 is 2.00 bits per heavy atom. The summed E-state index contributed by atoms with van der Waals surface area (Å²) < 4.78 is 7.57. The van der Waals surface area contributed by atoms with Gasteiger partial charge in [0.15, 0.2) is 0 Å². The van der Waals surface area contributed by atoms with E-state index in [4.69, 9.17) is 9.72 Å². The Hall–Kier alpha value is -2.34. The average molecular weight is 409 g/mol. The summed E-state index contributed by atoms with van der Waals surface area (Å²) in [6.45, 7) is 5.79. The quantitative estimate of drug-likeness (QED) is 0.797. The molecule has 2 fully saturated rings. The van der Waals surface area contributed by atoms with Gasteiger partial charge in [0.05, 0.1) is 11.8 Å². The Labute approximate surface area is 178 Å². The van der Waals surface area contributed by atoms with Crippen LogP contribution >= 0.6 is 0 Å². The van der Waals surface area contributed by atoms with Gasteiger partial charge in [-0.05, 0) is 49.8 Å². The van der Waals surface area contributed by atoms with Crippen LogP contribution in [0.25, 0.3) is 0 Å². The predicted octanol–water partition coefficient (Wildman–Crippen LogP) is 3.33. The van der Waals surface area contributed by atoms with Crippen molar-refractivity contribution in [3.8, 4) is 0 Å². The smallest absolute Gasteiger partial charge is 0.270 e. The van der Waals surface area contributed by atoms with Gasteiger partial charge in [-0.2, -0.15) is 0 Å². The molecule has 1 saturated carbocycles. The highest BCUT2D eigenvalue weighted by Gasteiger charge is 2.52. The Morgan fingerprint density at radius 3 is 2.70 bits per heavy atom. The SMILES string of the molecule is CCc1nc2n(c1C(=O)NCc1ccc(N3CC4(CC(OC)C4)C3)cc1)CCCC2. The number of hydrogen-bond donors (Lipinski definition) is 1. The molecule has 1 aromatic carbocycles. The minimum atomic E-state index is -0.000980. The third-order valence-electron chi connectivity index (χ3n) is 7.16. The maximum Gasteiger partial charge on any atom is 0.270 e. The maximum atomic E-state index is 12.9. The second kappa shape index (κ2) is 7.73. The number of fused-ring (bicyclic) bond motifs is 1. The van der Waals surface area contributed by atoms with Crippen LogP contribution in [-0.4, -0.2) is 41.8 Å². The number of anilines is 1. The van der Waals surface area contributed by atoms with Crippen LogP contribution in [0.5, 0.6) is 0 Å². The molecule has 1 aliphatic carbocycles. The highest BCUT2D eigenvalue weighted by atomic mass is 16.5. The lowest BCUT2D eigenvalue weighted by atomic mass is 9.61. The minimum Gasteiger partial charge on any atom is -0.381 e. The van der Waals surface area contributed by atoms with Crippen molar-refractivity contribution in [2.75, 3.05) is 25.1 Å². The Bertz CT molecular complexity index is 919. The molecular weight excluding hydrogens is 376 g/mol. The first-order valence-electron chi connectivity index (χ1n) is 11.3. The molecule has 30 heavy (non-hydrogen) atoms. The van der Waals surface area contributed by atoms with E-state index in [0.717, 1.165) is 61.7 Å². The summed E-state index contributed by atoms with van der Waals surface area (Å²) in [5.74, 6) is 1.07. The van der Waals surface area contributed by atoms with Gasteiger partial charge >= 0.3 is 0 Å². The molecule has 3 aliphatic rings. The lowest BCUT2D eigenvalue weighted by Crippen LogP contribution is -2.64. The molecule has 1 aromatic heterocycles. The fraction of sp³-hybridized carbons (Fsp3) is 0.583. The standard InChI is InChI=1S/C24H32N4O2/c1-3-20-22(28-11-5-4-6-21(28)26-20)23(29)25-14-17-7-9-18(10-8-17)27-15-24(16-27)12-19(13-24)30-2/h7-10,19H,3-6,11-16H2,1-2H3,(H,25,29).